The van der Waals surface area contributed by atoms with Crippen LogP contribution in [0, 0.1) is 5.82 Å². The third-order valence-corrected chi connectivity index (χ3v) is 3.51. The summed E-state index contributed by atoms with van der Waals surface area (Å²) in [6.07, 6.45) is 0. The molecule has 0 unspecified atom stereocenters. The molecule has 0 bridgehead atoms. The molecule has 0 aliphatic carbocycles. The Morgan fingerprint density at radius 2 is 1.71 bits per heavy atom. The lowest BCUT2D eigenvalue weighted by Gasteiger charge is -2.08. The average Bonchev–Trinajstić information content (AvgIpc) is 2.53. The van der Waals surface area contributed by atoms with Gasteiger partial charge in [-0.3, -0.25) is 4.79 Å². The predicted octanol–water partition coefficient (Wildman–Crippen LogP) is 4.25. The number of benzene rings is 3. The molecule has 0 fully saturated rings. The molecule has 0 saturated carbocycles. The zero-order valence-electron chi connectivity index (χ0n) is 11.6. The van der Waals surface area contributed by atoms with Crippen molar-refractivity contribution < 1.29 is 9.18 Å². The highest BCUT2D eigenvalue weighted by Gasteiger charge is 2.13. The van der Waals surface area contributed by atoms with Crippen molar-refractivity contribution in [1.82, 2.24) is 0 Å². The van der Waals surface area contributed by atoms with Gasteiger partial charge in [0.05, 0.1) is 0 Å². The van der Waals surface area contributed by atoms with Crippen LogP contribution in [-0.4, -0.2) is 12.8 Å². The van der Waals surface area contributed by atoms with Crippen LogP contribution in [0.1, 0.15) is 15.9 Å². The summed E-state index contributed by atoms with van der Waals surface area (Å²) >= 11 is 0. The molecule has 3 rings (SSSR count). The van der Waals surface area contributed by atoms with Crippen molar-refractivity contribution in [3.05, 3.63) is 77.6 Å². The smallest absolute Gasteiger partial charge is 0.195 e. The van der Waals surface area contributed by atoms with Gasteiger partial charge >= 0.3 is 0 Å². The molecule has 0 amide bonds. The number of carbonyl (C=O) groups excluding carboxylic acids is 1. The molecule has 0 aliphatic heterocycles. The minimum Gasteiger partial charge on any atom is -0.388 e. The molecule has 0 radical (unpaired) electrons. The Kier molecular flexibility index (Phi) is 3.40. The van der Waals surface area contributed by atoms with Crippen LogP contribution in [0.4, 0.5) is 10.1 Å². The first kappa shape index (κ1) is 13.3. The van der Waals surface area contributed by atoms with Crippen LogP contribution in [-0.2, 0) is 0 Å². The molecular weight excluding hydrogens is 265 g/mol. The number of para-hydroxylation sites is 1. The second-order valence-electron chi connectivity index (χ2n) is 4.83. The van der Waals surface area contributed by atoms with Crippen molar-refractivity contribution in [2.24, 2.45) is 0 Å². The number of hydrogen-bond donors (Lipinski definition) is 1. The fourth-order valence-electron chi connectivity index (χ4n) is 2.41. The van der Waals surface area contributed by atoms with Gasteiger partial charge in [0.25, 0.3) is 0 Å². The first-order valence-corrected chi connectivity index (χ1v) is 6.70. The summed E-state index contributed by atoms with van der Waals surface area (Å²) in [4.78, 5) is 12.6. The van der Waals surface area contributed by atoms with E-state index in [-0.39, 0.29) is 11.6 Å². The van der Waals surface area contributed by atoms with E-state index in [9.17, 15) is 9.18 Å². The molecule has 1 N–H and O–H groups in total. The van der Waals surface area contributed by atoms with Gasteiger partial charge in [-0.25, -0.2) is 4.39 Å². The van der Waals surface area contributed by atoms with Crippen LogP contribution in [0.25, 0.3) is 10.8 Å². The maximum Gasteiger partial charge on any atom is 0.195 e. The van der Waals surface area contributed by atoms with Crippen LogP contribution >= 0.6 is 0 Å². The van der Waals surface area contributed by atoms with Crippen LogP contribution in [0.15, 0.2) is 60.7 Å². The second-order valence-corrected chi connectivity index (χ2v) is 4.83. The Hall–Kier alpha value is -2.68. The highest BCUT2D eigenvalue weighted by Crippen LogP contribution is 2.22. The molecule has 0 heterocycles. The summed E-state index contributed by atoms with van der Waals surface area (Å²) < 4.78 is 13.3. The topological polar surface area (TPSA) is 29.1 Å². The SMILES string of the molecule is CNc1ccccc1C(=O)c1ccc2ccc(F)cc2c1. The van der Waals surface area contributed by atoms with Gasteiger partial charge < -0.3 is 5.32 Å². The van der Waals surface area contributed by atoms with E-state index in [0.29, 0.717) is 11.1 Å². The van der Waals surface area contributed by atoms with Crippen molar-refractivity contribution in [3.63, 3.8) is 0 Å². The van der Waals surface area contributed by atoms with Crippen LogP contribution in [0.2, 0.25) is 0 Å². The zero-order chi connectivity index (χ0) is 14.8. The number of nitrogens with one attached hydrogen (secondary N) is 1. The molecule has 0 saturated heterocycles. The summed E-state index contributed by atoms with van der Waals surface area (Å²) in [6, 6.07) is 17.2. The Bertz CT molecular complexity index is 826. The number of anilines is 1. The van der Waals surface area contributed by atoms with Gasteiger partial charge in [-0.2, -0.15) is 0 Å². The fourth-order valence-corrected chi connectivity index (χ4v) is 2.41. The van der Waals surface area contributed by atoms with Crippen LogP contribution in [0.3, 0.4) is 0 Å². The third kappa shape index (κ3) is 2.50. The second kappa shape index (κ2) is 5.37. The van der Waals surface area contributed by atoms with E-state index in [4.69, 9.17) is 0 Å². The number of carbonyl (C=O) groups is 1. The molecule has 0 spiro atoms. The molecule has 3 aromatic rings. The molecule has 0 aromatic heterocycles. The molecule has 21 heavy (non-hydrogen) atoms. The van der Waals surface area contributed by atoms with E-state index in [0.717, 1.165) is 16.5 Å². The molecule has 2 nitrogen and oxygen atoms in total. The third-order valence-electron chi connectivity index (χ3n) is 3.51. The first-order chi connectivity index (χ1) is 10.2. The van der Waals surface area contributed by atoms with E-state index in [1.165, 1.54) is 12.1 Å². The van der Waals surface area contributed by atoms with Crippen molar-refractivity contribution in [2.45, 2.75) is 0 Å². The van der Waals surface area contributed by atoms with E-state index in [1.807, 2.05) is 24.3 Å². The first-order valence-electron chi connectivity index (χ1n) is 6.70. The normalized spacial score (nSPS) is 10.6. The summed E-state index contributed by atoms with van der Waals surface area (Å²) in [6.45, 7) is 0. The van der Waals surface area contributed by atoms with Gasteiger partial charge in [0, 0.05) is 23.9 Å². The van der Waals surface area contributed by atoms with Crippen molar-refractivity contribution in [1.29, 1.82) is 0 Å². The van der Waals surface area contributed by atoms with E-state index >= 15 is 0 Å². The van der Waals surface area contributed by atoms with Crippen molar-refractivity contribution in [2.75, 3.05) is 12.4 Å². The molecule has 104 valence electrons. The summed E-state index contributed by atoms with van der Waals surface area (Å²) in [7, 11) is 1.78. The molecule has 0 aliphatic rings. The maximum atomic E-state index is 13.3. The van der Waals surface area contributed by atoms with Gasteiger partial charge in [0.1, 0.15) is 5.82 Å². The quantitative estimate of drug-likeness (QED) is 0.726. The van der Waals surface area contributed by atoms with Crippen LogP contribution in [0.5, 0.6) is 0 Å². The van der Waals surface area contributed by atoms with Gasteiger partial charge in [0.2, 0.25) is 0 Å². The lowest BCUT2D eigenvalue weighted by atomic mass is 9.99. The summed E-state index contributed by atoms with van der Waals surface area (Å²) in [5.41, 5.74) is 1.94. The molecule has 0 atom stereocenters. The number of ketones is 1. The van der Waals surface area contributed by atoms with Gasteiger partial charge in [0.15, 0.2) is 5.78 Å². The standard InChI is InChI=1S/C18H14FNO/c1-20-17-5-3-2-4-16(17)18(21)13-7-6-12-8-9-15(19)11-14(12)10-13/h2-11,20H,1H3. The highest BCUT2D eigenvalue weighted by atomic mass is 19.1. The van der Waals surface area contributed by atoms with Crippen molar-refractivity contribution in [3.8, 4) is 0 Å². The molecule has 3 heteroatoms. The Balaban J connectivity index is 2.09. The van der Waals surface area contributed by atoms with Crippen molar-refractivity contribution >= 4 is 22.2 Å². The Morgan fingerprint density at radius 1 is 0.952 bits per heavy atom. The maximum absolute atomic E-state index is 13.3. The number of rotatable bonds is 3. The lowest BCUT2D eigenvalue weighted by Crippen LogP contribution is -2.05. The largest absolute Gasteiger partial charge is 0.388 e. The molecule has 3 aromatic carbocycles. The number of fused-ring (bicyclic) bond motifs is 1. The highest BCUT2D eigenvalue weighted by molar-refractivity contribution is 6.13. The summed E-state index contributed by atoms with van der Waals surface area (Å²) in [5.74, 6) is -0.381. The van der Waals surface area contributed by atoms with Gasteiger partial charge in [-0.05, 0) is 41.1 Å². The minimum absolute atomic E-state index is 0.0777. The predicted molar refractivity (Wildman–Crippen MR) is 83.3 cm³/mol. The van der Waals surface area contributed by atoms with Gasteiger partial charge in [-0.15, -0.1) is 0 Å². The lowest BCUT2D eigenvalue weighted by molar-refractivity contribution is 0.103. The zero-order valence-corrected chi connectivity index (χ0v) is 11.6. The molecular formula is C18H14FNO. The number of hydrogen-bond acceptors (Lipinski definition) is 2. The monoisotopic (exact) mass is 279 g/mol. The average molecular weight is 279 g/mol. The summed E-state index contributed by atoms with van der Waals surface area (Å²) in [5, 5.41) is 4.65. The van der Waals surface area contributed by atoms with E-state index in [1.54, 1.807) is 31.3 Å². The number of halogens is 1. The minimum atomic E-state index is -0.303. The van der Waals surface area contributed by atoms with Crippen LogP contribution < -0.4 is 5.32 Å². The van der Waals surface area contributed by atoms with Gasteiger partial charge in [-0.1, -0.05) is 30.3 Å². The fraction of sp³-hybridized carbons (Fsp3) is 0.0556. The Morgan fingerprint density at radius 3 is 2.52 bits per heavy atom. The van der Waals surface area contributed by atoms with E-state index in [2.05, 4.69) is 5.32 Å². The Labute approximate surface area is 122 Å². The van der Waals surface area contributed by atoms with E-state index < -0.39 is 0 Å².